The molecule has 1 aliphatic rings. The summed E-state index contributed by atoms with van der Waals surface area (Å²) in [6, 6.07) is 2.81. The van der Waals surface area contributed by atoms with Crippen LogP contribution in [0.4, 0.5) is 0 Å². The third kappa shape index (κ3) is 4.51. The Hall–Kier alpha value is -0.590. The molecule has 0 aliphatic heterocycles. The quantitative estimate of drug-likeness (QED) is 0.778. The minimum atomic E-state index is -0.0897. The average Bonchev–Trinajstić information content (AvgIpc) is 2.25. The predicted octanol–water partition coefficient (Wildman–Crippen LogP) is 2.16. The van der Waals surface area contributed by atoms with Gasteiger partial charge in [-0.2, -0.15) is 5.26 Å². The maximum absolute atomic E-state index is 9.50. The Bertz CT molecular complexity index is 227. The summed E-state index contributed by atoms with van der Waals surface area (Å²) >= 11 is 0. The predicted molar refractivity (Wildman–Crippen MR) is 64.9 cm³/mol. The van der Waals surface area contributed by atoms with Crippen molar-refractivity contribution in [3.05, 3.63) is 0 Å². The lowest BCUT2D eigenvalue weighted by Crippen LogP contribution is -2.41. The van der Waals surface area contributed by atoms with E-state index in [2.05, 4.69) is 24.8 Å². The van der Waals surface area contributed by atoms with Crippen LogP contribution in [0.1, 0.15) is 46.0 Å². The summed E-state index contributed by atoms with van der Waals surface area (Å²) in [6.07, 6.45) is 4.54. The van der Waals surface area contributed by atoms with Gasteiger partial charge < -0.3 is 5.11 Å². The van der Waals surface area contributed by atoms with Gasteiger partial charge in [0.15, 0.2) is 0 Å². The van der Waals surface area contributed by atoms with Gasteiger partial charge in [0.2, 0.25) is 0 Å². The van der Waals surface area contributed by atoms with E-state index in [-0.39, 0.29) is 6.10 Å². The number of rotatable bonds is 5. The SMILES string of the molecule is CC(C)CN(CCC#N)C1CCC(O)CC1. The average molecular weight is 224 g/mol. The second-order valence-corrected chi connectivity index (χ2v) is 5.26. The number of aliphatic hydroxyl groups excluding tert-OH is 1. The molecule has 1 rings (SSSR count). The molecule has 3 heteroatoms. The third-order valence-electron chi connectivity index (χ3n) is 3.29. The first-order chi connectivity index (χ1) is 7.63. The molecule has 16 heavy (non-hydrogen) atoms. The summed E-state index contributed by atoms with van der Waals surface area (Å²) in [5.74, 6) is 0.644. The number of aliphatic hydroxyl groups is 1. The molecule has 1 saturated carbocycles. The molecule has 0 amide bonds. The van der Waals surface area contributed by atoms with E-state index in [0.29, 0.717) is 18.4 Å². The lowest BCUT2D eigenvalue weighted by Gasteiger charge is -2.36. The van der Waals surface area contributed by atoms with Gasteiger partial charge in [0, 0.05) is 25.6 Å². The number of hydrogen-bond donors (Lipinski definition) is 1. The van der Waals surface area contributed by atoms with Gasteiger partial charge in [0.1, 0.15) is 0 Å². The molecular formula is C13H24N2O. The molecule has 0 atom stereocenters. The van der Waals surface area contributed by atoms with Crippen LogP contribution in [-0.4, -0.2) is 35.2 Å². The molecule has 1 fully saturated rings. The highest BCUT2D eigenvalue weighted by molar-refractivity contribution is 4.82. The molecule has 0 saturated heterocycles. The minimum absolute atomic E-state index is 0.0897. The molecule has 0 radical (unpaired) electrons. The summed E-state index contributed by atoms with van der Waals surface area (Å²) in [5, 5.41) is 18.2. The van der Waals surface area contributed by atoms with Gasteiger partial charge in [-0.05, 0) is 31.6 Å². The van der Waals surface area contributed by atoms with Crippen molar-refractivity contribution in [2.75, 3.05) is 13.1 Å². The van der Waals surface area contributed by atoms with Gasteiger partial charge in [0.05, 0.1) is 12.2 Å². The monoisotopic (exact) mass is 224 g/mol. The molecule has 0 aromatic rings. The summed E-state index contributed by atoms with van der Waals surface area (Å²) < 4.78 is 0. The van der Waals surface area contributed by atoms with Gasteiger partial charge in [-0.1, -0.05) is 13.8 Å². The molecule has 1 aliphatic carbocycles. The Labute approximate surface area is 99.1 Å². The van der Waals surface area contributed by atoms with E-state index in [4.69, 9.17) is 5.26 Å². The Morgan fingerprint density at radius 1 is 1.31 bits per heavy atom. The van der Waals surface area contributed by atoms with Crippen molar-refractivity contribution in [3.8, 4) is 6.07 Å². The first-order valence-corrected chi connectivity index (χ1v) is 6.42. The van der Waals surface area contributed by atoms with E-state index in [9.17, 15) is 5.11 Å². The van der Waals surface area contributed by atoms with Gasteiger partial charge in [-0.15, -0.1) is 0 Å². The summed E-state index contributed by atoms with van der Waals surface area (Å²) in [5.41, 5.74) is 0. The molecule has 0 bridgehead atoms. The van der Waals surface area contributed by atoms with Crippen LogP contribution in [0.2, 0.25) is 0 Å². The fraction of sp³-hybridized carbons (Fsp3) is 0.923. The maximum Gasteiger partial charge on any atom is 0.0635 e. The third-order valence-corrected chi connectivity index (χ3v) is 3.29. The molecular weight excluding hydrogens is 200 g/mol. The fourth-order valence-corrected chi connectivity index (χ4v) is 2.51. The van der Waals surface area contributed by atoms with E-state index in [1.54, 1.807) is 0 Å². The van der Waals surface area contributed by atoms with E-state index in [1.165, 1.54) is 0 Å². The lowest BCUT2D eigenvalue weighted by atomic mass is 9.91. The van der Waals surface area contributed by atoms with Crippen LogP contribution in [0, 0.1) is 17.2 Å². The number of nitriles is 1. The van der Waals surface area contributed by atoms with E-state index < -0.39 is 0 Å². The topological polar surface area (TPSA) is 47.3 Å². The molecule has 92 valence electrons. The Balaban J connectivity index is 2.44. The maximum atomic E-state index is 9.50. The summed E-state index contributed by atoms with van der Waals surface area (Å²) in [4.78, 5) is 2.44. The van der Waals surface area contributed by atoms with Crippen molar-refractivity contribution in [2.45, 2.75) is 58.1 Å². The Morgan fingerprint density at radius 2 is 1.94 bits per heavy atom. The van der Waals surface area contributed by atoms with Crippen LogP contribution >= 0.6 is 0 Å². The smallest absolute Gasteiger partial charge is 0.0635 e. The molecule has 0 unspecified atom stereocenters. The van der Waals surface area contributed by atoms with Crippen molar-refractivity contribution in [1.82, 2.24) is 4.90 Å². The zero-order chi connectivity index (χ0) is 12.0. The number of hydrogen-bond acceptors (Lipinski definition) is 3. The largest absolute Gasteiger partial charge is 0.393 e. The minimum Gasteiger partial charge on any atom is -0.393 e. The van der Waals surface area contributed by atoms with Crippen molar-refractivity contribution in [3.63, 3.8) is 0 Å². The van der Waals surface area contributed by atoms with E-state index in [1.807, 2.05) is 0 Å². The summed E-state index contributed by atoms with van der Waals surface area (Å²) in [6.45, 7) is 6.39. The van der Waals surface area contributed by atoms with Gasteiger partial charge in [0.25, 0.3) is 0 Å². The molecule has 0 spiro atoms. The van der Waals surface area contributed by atoms with Crippen LogP contribution in [0.5, 0.6) is 0 Å². The second kappa shape index (κ2) is 6.88. The van der Waals surface area contributed by atoms with Crippen molar-refractivity contribution >= 4 is 0 Å². The summed E-state index contributed by atoms with van der Waals surface area (Å²) in [7, 11) is 0. The van der Waals surface area contributed by atoms with E-state index >= 15 is 0 Å². The van der Waals surface area contributed by atoms with Gasteiger partial charge >= 0.3 is 0 Å². The van der Waals surface area contributed by atoms with Gasteiger partial charge in [-0.25, -0.2) is 0 Å². The molecule has 0 aromatic carbocycles. The zero-order valence-corrected chi connectivity index (χ0v) is 10.5. The highest BCUT2D eigenvalue weighted by Gasteiger charge is 2.24. The number of nitrogens with zero attached hydrogens (tertiary/aromatic N) is 2. The lowest BCUT2D eigenvalue weighted by molar-refractivity contribution is 0.0694. The van der Waals surface area contributed by atoms with Crippen molar-refractivity contribution in [1.29, 1.82) is 5.26 Å². The van der Waals surface area contributed by atoms with Crippen LogP contribution in [-0.2, 0) is 0 Å². The van der Waals surface area contributed by atoms with Crippen molar-refractivity contribution in [2.24, 2.45) is 5.92 Å². The molecule has 1 N–H and O–H groups in total. The van der Waals surface area contributed by atoms with Crippen LogP contribution < -0.4 is 0 Å². The Kier molecular flexibility index (Phi) is 5.79. The highest BCUT2D eigenvalue weighted by Crippen LogP contribution is 2.23. The standard InChI is InChI=1S/C13H24N2O/c1-11(2)10-15(9-3-8-14)12-4-6-13(16)7-5-12/h11-13,16H,3-7,9-10H2,1-2H3. The van der Waals surface area contributed by atoms with Crippen molar-refractivity contribution < 1.29 is 5.11 Å². The zero-order valence-electron chi connectivity index (χ0n) is 10.5. The Morgan fingerprint density at radius 3 is 2.44 bits per heavy atom. The van der Waals surface area contributed by atoms with Crippen LogP contribution in [0.3, 0.4) is 0 Å². The van der Waals surface area contributed by atoms with Gasteiger partial charge in [-0.3, -0.25) is 4.90 Å². The first-order valence-electron chi connectivity index (χ1n) is 6.42. The molecule has 0 heterocycles. The fourth-order valence-electron chi connectivity index (χ4n) is 2.51. The van der Waals surface area contributed by atoms with Crippen LogP contribution in [0.25, 0.3) is 0 Å². The second-order valence-electron chi connectivity index (χ2n) is 5.26. The van der Waals surface area contributed by atoms with Crippen LogP contribution in [0.15, 0.2) is 0 Å². The molecule has 0 aromatic heterocycles. The van der Waals surface area contributed by atoms with E-state index in [0.717, 1.165) is 38.8 Å². The normalized spacial score (nSPS) is 26.0. The highest BCUT2D eigenvalue weighted by atomic mass is 16.3. The first kappa shape index (κ1) is 13.5. The molecule has 3 nitrogen and oxygen atoms in total.